The molecule has 37 heavy (non-hydrogen) atoms. The van der Waals surface area contributed by atoms with Gasteiger partial charge in [-0.05, 0) is 45.6 Å². The number of benzene rings is 5. The Morgan fingerprint density at radius 1 is 0.595 bits per heavy atom. The van der Waals surface area contributed by atoms with E-state index in [2.05, 4.69) is 134 Å². The van der Waals surface area contributed by atoms with Crippen LogP contribution in [0.4, 0.5) is 11.4 Å². The Morgan fingerprint density at radius 2 is 1.30 bits per heavy atom. The average Bonchev–Trinajstić information content (AvgIpc) is 3.31. The topological polar surface area (TPSA) is 16.4 Å². The quantitative estimate of drug-likeness (QED) is 0.228. The number of hydrogen-bond acceptors (Lipinski definition) is 2. The highest BCUT2D eigenvalue weighted by Gasteiger charge is 2.27. The smallest absolute Gasteiger partial charge is 0.159 e. The first-order chi connectivity index (χ1) is 18.0. The van der Waals surface area contributed by atoms with E-state index >= 15 is 0 Å². The van der Waals surface area contributed by atoms with Crippen molar-refractivity contribution in [1.82, 2.24) is 0 Å². The molecule has 1 aliphatic heterocycles. The van der Waals surface area contributed by atoms with Gasteiger partial charge in [0.15, 0.2) is 5.58 Å². The summed E-state index contributed by atoms with van der Waals surface area (Å²) in [5.41, 5.74) is 10.8. The lowest BCUT2D eigenvalue weighted by Gasteiger charge is -2.33. The first-order valence-electron chi connectivity index (χ1n) is 13.0. The number of nitrogens with zero attached hydrogens (tertiary/aromatic N) is 1. The Balaban J connectivity index is 1.42. The third-order valence-electron chi connectivity index (χ3n) is 7.63. The summed E-state index contributed by atoms with van der Waals surface area (Å²) in [5.74, 6) is 0. The van der Waals surface area contributed by atoms with Crippen LogP contribution in [0.25, 0.3) is 44.2 Å². The molecule has 0 spiro atoms. The van der Waals surface area contributed by atoms with Crippen LogP contribution in [-0.2, 0) is 6.54 Å². The minimum atomic E-state index is -1.56. The van der Waals surface area contributed by atoms with Gasteiger partial charge in [0.1, 0.15) is 5.58 Å². The minimum absolute atomic E-state index is 0.804. The average molecular weight is 496 g/mol. The van der Waals surface area contributed by atoms with Crippen LogP contribution >= 0.6 is 0 Å². The lowest BCUT2D eigenvalue weighted by molar-refractivity contribution is 0.669. The molecular weight excluding hydrogens is 466 g/mol. The van der Waals surface area contributed by atoms with Crippen molar-refractivity contribution in [2.45, 2.75) is 26.2 Å². The molecule has 2 nitrogen and oxygen atoms in total. The van der Waals surface area contributed by atoms with Crippen molar-refractivity contribution in [1.29, 1.82) is 0 Å². The van der Waals surface area contributed by atoms with Crippen LogP contribution in [0.15, 0.2) is 114 Å². The fraction of sp³-hybridized carbons (Fsp3) is 0.118. The lowest BCUT2D eigenvalue weighted by Crippen LogP contribution is -2.37. The van der Waals surface area contributed by atoms with Gasteiger partial charge in [-0.1, -0.05) is 111 Å². The summed E-state index contributed by atoms with van der Waals surface area (Å²) in [6.45, 7) is 7.96. The van der Waals surface area contributed by atoms with Crippen LogP contribution in [0.1, 0.15) is 5.56 Å². The van der Waals surface area contributed by atoms with E-state index in [9.17, 15) is 0 Å². The maximum Gasteiger partial charge on any atom is 0.159 e. The Kier molecular flexibility index (Phi) is 4.92. The molecule has 0 unspecified atom stereocenters. The van der Waals surface area contributed by atoms with Crippen molar-refractivity contribution in [3.8, 4) is 22.3 Å². The molecule has 0 fully saturated rings. The van der Waals surface area contributed by atoms with Gasteiger partial charge in [-0.15, -0.1) is 0 Å². The highest BCUT2D eigenvalue weighted by molar-refractivity contribution is 6.90. The molecule has 7 rings (SSSR count). The van der Waals surface area contributed by atoms with Gasteiger partial charge in [0.05, 0.1) is 13.8 Å². The zero-order valence-electron chi connectivity index (χ0n) is 21.5. The maximum absolute atomic E-state index is 6.77. The van der Waals surface area contributed by atoms with Gasteiger partial charge in [-0.2, -0.15) is 0 Å². The van der Waals surface area contributed by atoms with Gasteiger partial charge in [-0.25, -0.2) is 0 Å². The van der Waals surface area contributed by atoms with Gasteiger partial charge in [0, 0.05) is 28.6 Å². The predicted molar refractivity (Wildman–Crippen MR) is 160 cm³/mol. The second-order valence-corrected chi connectivity index (χ2v) is 16.1. The first kappa shape index (κ1) is 22.1. The van der Waals surface area contributed by atoms with E-state index in [1.165, 1.54) is 49.5 Å². The Labute approximate surface area is 218 Å². The van der Waals surface area contributed by atoms with E-state index in [4.69, 9.17) is 4.42 Å². The van der Waals surface area contributed by atoms with Crippen molar-refractivity contribution in [3.05, 3.63) is 115 Å². The summed E-state index contributed by atoms with van der Waals surface area (Å²) in [4.78, 5) is 2.43. The molecule has 0 bridgehead atoms. The zero-order chi connectivity index (χ0) is 25.1. The summed E-state index contributed by atoms with van der Waals surface area (Å²) >= 11 is 0. The molecule has 1 aliphatic rings. The monoisotopic (exact) mass is 495 g/mol. The molecule has 180 valence electrons. The molecular formula is C34H29NOSi. The van der Waals surface area contributed by atoms with Crippen LogP contribution in [0, 0.1) is 0 Å². The lowest BCUT2D eigenvalue weighted by atomic mass is 9.90. The molecule has 1 aromatic heterocycles. The second kappa shape index (κ2) is 8.22. The van der Waals surface area contributed by atoms with Gasteiger partial charge >= 0.3 is 0 Å². The standard InChI is InChI=1S/C34H29NOSi/c1-37(2,3)32-18-10-15-28-27-14-9-17-31(33(27)36-34(28)32)35-22-25-20-19-24(23-11-5-4-6-12-23)21-29(25)26-13-7-8-16-30(26)35/h4-21H,22H2,1-3H3. The molecule has 0 saturated carbocycles. The van der Waals surface area contributed by atoms with Crippen molar-refractivity contribution >= 4 is 46.6 Å². The van der Waals surface area contributed by atoms with Crippen molar-refractivity contribution in [3.63, 3.8) is 0 Å². The molecule has 2 heterocycles. The third-order valence-corrected chi connectivity index (χ3v) is 9.64. The summed E-state index contributed by atoms with van der Waals surface area (Å²) in [6.07, 6.45) is 0. The summed E-state index contributed by atoms with van der Waals surface area (Å²) in [6, 6.07) is 39.5. The van der Waals surface area contributed by atoms with E-state index in [1.807, 2.05) is 0 Å². The fourth-order valence-corrected chi connectivity index (χ4v) is 7.25. The van der Waals surface area contributed by atoms with Crippen LogP contribution in [0.5, 0.6) is 0 Å². The van der Waals surface area contributed by atoms with E-state index in [1.54, 1.807) is 0 Å². The first-order valence-corrected chi connectivity index (χ1v) is 16.5. The predicted octanol–water partition coefficient (Wildman–Crippen LogP) is 9.12. The molecule has 3 heteroatoms. The molecule has 0 N–H and O–H groups in total. The van der Waals surface area contributed by atoms with E-state index in [0.29, 0.717) is 0 Å². The number of rotatable bonds is 3. The number of furan rings is 1. The van der Waals surface area contributed by atoms with Gasteiger partial charge in [0.25, 0.3) is 0 Å². The Hall–Kier alpha value is -4.08. The van der Waals surface area contributed by atoms with Crippen LogP contribution in [0.3, 0.4) is 0 Å². The maximum atomic E-state index is 6.77. The third kappa shape index (κ3) is 3.53. The zero-order valence-corrected chi connectivity index (χ0v) is 22.5. The molecule has 0 amide bonds. The van der Waals surface area contributed by atoms with Crippen LogP contribution in [-0.4, -0.2) is 8.07 Å². The Bertz CT molecular complexity index is 1790. The highest BCUT2D eigenvalue weighted by atomic mass is 28.3. The fourth-order valence-electron chi connectivity index (χ4n) is 5.79. The summed E-state index contributed by atoms with van der Waals surface area (Å²) < 4.78 is 6.77. The van der Waals surface area contributed by atoms with Crippen molar-refractivity contribution in [2.75, 3.05) is 4.90 Å². The largest absolute Gasteiger partial charge is 0.454 e. The number of fused-ring (bicyclic) bond motifs is 6. The van der Waals surface area contributed by atoms with E-state index in [-0.39, 0.29) is 0 Å². The number of hydrogen-bond donors (Lipinski definition) is 0. The minimum Gasteiger partial charge on any atom is -0.454 e. The second-order valence-electron chi connectivity index (χ2n) is 11.0. The van der Waals surface area contributed by atoms with Crippen LogP contribution < -0.4 is 10.1 Å². The van der Waals surface area contributed by atoms with Gasteiger partial charge < -0.3 is 9.32 Å². The number of anilines is 2. The molecule has 0 atom stereocenters. The van der Waals surface area contributed by atoms with Crippen LogP contribution in [0.2, 0.25) is 19.6 Å². The normalized spacial score (nSPS) is 13.1. The SMILES string of the molecule is C[Si](C)(C)c1cccc2c1oc1c(N3Cc4ccc(-c5ccccc5)cc4-c4ccccc43)cccc12. The van der Waals surface area contributed by atoms with Gasteiger partial charge in [-0.3, -0.25) is 0 Å². The number of para-hydroxylation sites is 3. The molecule has 0 saturated heterocycles. The van der Waals surface area contributed by atoms with Gasteiger partial charge in [0.2, 0.25) is 0 Å². The highest BCUT2D eigenvalue weighted by Crippen LogP contribution is 2.46. The summed E-state index contributed by atoms with van der Waals surface area (Å²) in [5, 5.41) is 3.79. The van der Waals surface area contributed by atoms with E-state index in [0.717, 1.165) is 23.4 Å². The van der Waals surface area contributed by atoms with E-state index < -0.39 is 8.07 Å². The summed E-state index contributed by atoms with van der Waals surface area (Å²) in [7, 11) is -1.56. The molecule has 5 aromatic carbocycles. The molecule has 0 aliphatic carbocycles. The Morgan fingerprint density at radius 3 is 2.11 bits per heavy atom. The molecule has 6 aromatic rings. The van der Waals surface area contributed by atoms with Crippen molar-refractivity contribution in [2.24, 2.45) is 0 Å². The molecule has 0 radical (unpaired) electrons. The van der Waals surface area contributed by atoms with Crippen molar-refractivity contribution < 1.29 is 4.42 Å².